The Morgan fingerprint density at radius 2 is 2.14 bits per heavy atom. The average Bonchev–Trinajstić information content (AvgIpc) is 3.03. The van der Waals surface area contributed by atoms with Crippen LogP contribution in [0.25, 0.3) is 5.65 Å². The van der Waals surface area contributed by atoms with Gasteiger partial charge in [0.15, 0.2) is 16.5 Å². The van der Waals surface area contributed by atoms with Gasteiger partial charge in [-0.05, 0) is 19.1 Å². The number of halogens is 1. The van der Waals surface area contributed by atoms with Crippen LogP contribution in [0.1, 0.15) is 11.6 Å². The van der Waals surface area contributed by atoms with Crippen molar-refractivity contribution in [1.82, 2.24) is 28.9 Å². The molecule has 0 bridgehead atoms. The lowest BCUT2D eigenvalue weighted by Gasteiger charge is -2.03. The van der Waals surface area contributed by atoms with Gasteiger partial charge in [0.05, 0.1) is 11.6 Å². The van der Waals surface area contributed by atoms with E-state index in [4.69, 9.17) is 11.6 Å². The first-order valence-corrected chi connectivity index (χ1v) is 8.22. The molecule has 8 nitrogen and oxygen atoms in total. The van der Waals surface area contributed by atoms with Crippen LogP contribution in [-0.2, 0) is 23.6 Å². The fourth-order valence-corrected chi connectivity index (χ4v) is 3.16. The second kappa shape index (κ2) is 5.34. The molecule has 0 saturated heterocycles. The second-order valence-electron chi connectivity index (χ2n) is 4.73. The van der Waals surface area contributed by atoms with Gasteiger partial charge in [-0.1, -0.05) is 11.6 Å². The highest BCUT2D eigenvalue weighted by molar-refractivity contribution is 7.89. The monoisotopic (exact) mass is 340 g/mol. The Morgan fingerprint density at radius 3 is 2.82 bits per heavy atom. The van der Waals surface area contributed by atoms with Gasteiger partial charge < -0.3 is 4.57 Å². The van der Waals surface area contributed by atoms with Crippen molar-refractivity contribution in [2.75, 3.05) is 0 Å². The Hall–Kier alpha value is -1.97. The standard InChI is InChI=1S/C12H13ClN6O2S/c1-8-15-11(7-18(8)2)22(20,21)14-6-10-16-17-12-9(13)4-3-5-19(10)12/h3-5,7,14H,6H2,1-2H3. The molecule has 0 radical (unpaired) electrons. The van der Waals surface area contributed by atoms with E-state index in [2.05, 4.69) is 19.9 Å². The molecule has 0 amide bonds. The first-order valence-electron chi connectivity index (χ1n) is 6.36. The number of nitrogens with one attached hydrogen (secondary N) is 1. The Bertz CT molecular complexity index is 926. The van der Waals surface area contributed by atoms with Gasteiger partial charge in [-0.3, -0.25) is 4.40 Å². The molecule has 0 saturated carbocycles. The quantitative estimate of drug-likeness (QED) is 0.761. The molecule has 116 valence electrons. The van der Waals surface area contributed by atoms with Crippen LogP contribution in [0.5, 0.6) is 0 Å². The van der Waals surface area contributed by atoms with Gasteiger partial charge in [0.25, 0.3) is 10.0 Å². The molecule has 10 heteroatoms. The first kappa shape index (κ1) is 14.9. The van der Waals surface area contributed by atoms with Crippen LogP contribution in [0.3, 0.4) is 0 Å². The number of hydrogen-bond donors (Lipinski definition) is 1. The highest BCUT2D eigenvalue weighted by atomic mass is 35.5. The predicted molar refractivity (Wildman–Crippen MR) is 80.0 cm³/mol. The SMILES string of the molecule is Cc1nc(S(=O)(=O)NCc2nnc3c(Cl)cccn23)cn1C. The number of pyridine rings is 1. The average molecular weight is 341 g/mol. The van der Waals surface area contributed by atoms with Crippen molar-refractivity contribution < 1.29 is 8.42 Å². The van der Waals surface area contributed by atoms with Gasteiger partial charge in [0.2, 0.25) is 0 Å². The molecule has 22 heavy (non-hydrogen) atoms. The number of imidazole rings is 1. The van der Waals surface area contributed by atoms with Gasteiger partial charge in [-0.2, -0.15) is 0 Å². The Morgan fingerprint density at radius 1 is 1.36 bits per heavy atom. The van der Waals surface area contributed by atoms with Gasteiger partial charge in [-0.25, -0.2) is 18.1 Å². The molecule has 0 atom stereocenters. The lowest BCUT2D eigenvalue weighted by atomic mass is 10.4. The molecular weight excluding hydrogens is 328 g/mol. The summed E-state index contributed by atoms with van der Waals surface area (Å²) in [6, 6.07) is 3.43. The van der Waals surface area contributed by atoms with Crippen molar-refractivity contribution in [3.05, 3.63) is 41.2 Å². The van der Waals surface area contributed by atoms with Crippen molar-refractivity contribution in [1.29, 1.82) is 0 Å². The van der Waals surface area contributed by atoms with Gasteiger partial charge in [0, 0.05) is 19.4 Å². The molecule has 0 fully saturated rings. The third kappa shape index (κ3) is 2.58. The van der Waals surface area contributed by atoms with Gasteiger partial charge in [0.1, 0.15) is 5.82 Å². The van der Waals surface area contributed by atoms with E-state index in [1.165, 1.54) is 6.20 Å². The predicted octanol–water partition coefficient (Wildman–Crippen LogP) is 0.903. The van der Waals surface area contributed by atoms with E-state index in [9.17, 15) is 8.42 Å². The summed E-state index contributed by atoms with van der Waals surface area (Å²) in [5.41, 5.74) is 0.479. The molecule has 0 aliphatic heterocycles. The summed E-state index contributed by atoms with van der Waals surface area (Å²) in [6.07, 6.45) is 3.17. The zero-order valence-corrected chi connectivity index (χ0v) is 13.4. The number of nitrogens with zero attached hydrogens (tertiary/aromatic N) is 5. The zero-order valence-electron chi connectivity index (χ0n) is 11.9. The minimum absolute atomic E-state index is 0.0144. The highest BCUT2D eigenvalue weighted by Gasteiger charge is 2.19. The maximum Gasteiger partial charge on any atom is 0.260 e. The molecule has 1 N–H and O–H groups in total. The summed E-state index contributed by atoms with van der Waals surface area (Å²) in [6.45, 7) is 1.71. The van der Waals surface area contributed by atoms with E-state index in [0.29, 0.717) is 22.3 Å². The van der Waals surface area contributed by atoms with Crippen LogP contribution in [0, 0.1) is 6.92 Å². The molecule has 0 aliphatic rings. The molecule has 0 aromatic carbocycles. The van der Waals surface area contributed by atoms with Crippen molar-refractivity contribution in [2.24, 2.45) is 7.05 Å². The fourth-order valence-electron chi connectivity index (χ4n) is 1.94. The number of aryl methyl sites for hydroxylation is 2. The van der Waals surface area contributed by atoms with Crippen molar-refractivity contribution in [3.63, 3.8) is 0 Å². The summed E-state index contributed by atoms with van der Waals surface area (Å²) in [7, 11) is -1.98. The van der Waals surface area contributed by atoms with Gasteiger partial charge in [-0.15, -0.1) is 10.2 Å². The normalized spacial score (nSPS) is 12.1. The summed E-state index contributed by atoms with van der Waals surface area (Å²) >= 11 is 6.00. The molecule has 0 spiro atoms. The number of aromatic nitrogens is 5. The third-order valence-electron chi connectivity index (χ3n) is 3.24. The summed E-state index contributed by atoms with van der Waals surface area (Å²) in [5, 5.41) is 8.31. The van der Waals surface area contributed by atoms with E-state index in [0.717, 1.165) is 0 Å². The minimum Gasteiger partial charge on any atom is -0.337 e. The molecular formula is C12H13ClN6O2S. The molecule has 3 heterocycles. The van der Waals surface area contributed by atoms with Crippen LogP contribution in [0.4, 0.5) is 0 Å². The van der Waals surface area contributed by atoms with Crippen molar-refractivity contribution >= 4 is 27.3 Å². The Balaban J connectivity index is 1.86. The van der Waals surface area contributed by atoms with Crippen molar-refractivity contribution in [3.8, 4) is 0 Å². The maximum absolute atomic E-state index is 12.2. The van der Waals surface area contributed by atoms with E-state index in [1.807, 2.05) is 0 Å². The third-order valence-corrected chi connectivity index (χ3v) is 4.81. The molecule has 3 rings (SSSR count). The number of rotatable bonds is 4. The zero-order chi connectivity index (χ0) is 15.9. The van der Waals surface area contributed by atoms with Crippen LogP contribution in [0.2, 0.25) is 5.02 Å². The number of hydrogen-bond acceptors (Lipinski definition) is 5. The van der Waals surface area contributed by atoms with Crippen molar-refractivity contribution in [2.45, 2.75) is 18.5 Å². The Kier molecular flexibility index (Phi) is 3.63. The Labute approximate surface area is 131 Å². The summed E-state index contributed by atoms with van der Waals surface area (Å²) < 4.78 is 30.2. The molecule has 3 aromatic rings. The van der Waals surface area contributed by atoms with Crippen LogP contribution in [0.15, 0.2) is 29.6 Å². The van der Waals surface area contributed by atoms with E-state index in [1.54, 1.807) is 41.3 Å². The lowest BCUT2D eigenvalue weighted by Crippen LogP contribution is -2.24. The topological polar surface area (TPSA) is 94.2 Å². The number of sulfonamides is 1. The summed E-state index contributed by atoms with van der Waals surface area (Å²) in [4.78, 5) is 4.01. The largest absolute Gasteiger partial charge is 0.337 e. The molecule has 0 unspecified atom stereocenters. The second-order valence-corrected chi connectivity index (χ2v) is 6.85. The summed E-state index contributed by atoms with van der Waals surface area (Å²) in [5.74, 6) is 1.05. The smallest absolute Gasteiger partial charge is 0.260 e. The minimum atomic E-state index is -3.71. The maximum atomic E-state index is 12.2. The van der Waals surface area contributed by atoms with E-state index in [-0.39, 0.29) is 11.6 Å². The van der Waals surface area contributed by atoms with Crippen LogP contribution < -0.4 is 4.72 Å². The molecule has 3 aromatic heterocycles. The number of fused-ring (bicyclic) bond motifs is 1. The van der Waals surface area contributed by atoms with E-state index >= 15 is 0 Å². The van der Waals surface area contributed by atoms with Gasteiger partial charge >= 0.3 is 0 Å². The molecule has 0 aliphatic carbocycles. The first-order chi connectivity index (χ1) is 10.4. The van der Waals surface area contributed by atoms with Crippen LogP contribution >= 0.6 is 11.6 Å². The van der Waals surface area contributed by atoms with E-state index < -0.39 is 10.0 Å². The lowest BCUT2D eigenvalue weighted by molar-refractivity contribution is 0.575. The fraction of sp³-hybridized carbons (Fsp3) is 0.250. The van der Waals surface area contributed by atoms with Crippen LogP contribution in [-0.4, -0.2) is 32.6 Å². The highest BCUT2D eigenvalue weighted by Crippen LogP contribution is 2.15.